The van der Waals surface area contributed by atoms with Crippen LogP contribution >= 0.6 is 0 Å². The Balaban J connectivity index is 2.04. The monoisotopic (exact) mass is 422 g/mol. The molecule has 2 rings (SSSR count). The van der Waals surface area contributed by atoms with Gasteiger partial charge in [-0.25, -0.2) is 17.5 Å². The molecule has 1 unspecified atom stereocenters. The third kappa shape index (κ3) is 6.54. The minimum atomic E-state index is -3.82. The molecule has 2 aromatic carbocycles. The lowest BCUT2D eigenvalue weighted by Gasteiger charge is -2.15. The van der Waals surface area contributed by atoms with E-state index in [4.69, 9.17) is 4.74 Å². The summed E-state index contributed by atoms with van der Waals surface area (Å²) in [6.45, 7) is 5.18. The summed E-state index contributed by atoms with van der Waals surface area (Å²) in [5, 5.41) is 2.73. The van der Waals surface area contributed by atoms with Crippen molar-refractivity contribution < 1.29 is 22.3 Å². The average Bonchev–Trinajstić information content (AvgIpc) is 2.65. The van der Waals surface area contributed by atoms with Gasteiger partial charge >= 0.3 is 0 Å². The minimum Gasteiger partial charge on any atom is -0.497 e. The molecule has 0 aliphatic rings. The molecule has 0 heterocycles. The van der Waals surface area contributed by atoms with Gasteiger partial charge in [-0.15, -0.1) is 0 Å². The minimum absolute atomic E-state index is 0.149. The highest BCUT2D eigenvalue weighted by Crippen LogP contribution is 2.17. The van der Waals surface area contributed by atoms with E-state index in [-0.39, 0.29) is 22.5 Å². The number of halogens is 1. The molecule has 1 atom stereocenters. The average molecular weight is 423 g/mol. The van der Waals surface area contributed by atoms with Gasteiger partial charge in [-0.2, -0.15) is 0 Å². The lowest BCUT2D eigenvalue weighted by molar-refractivity contribution is 0.0934. The first-order chi connectivity index (χ1) is 13.6. The first-order valence-corrected chi connectivity index (χ1v) is 10.9. The molecule has 8 heteroatoms. The van der Waals surface area contributed by atoms with Crippen molar-refractivity contribution in [2.24, 2.45) is 0 Å². The molecular weight excluding hydrogens is 395 g/mol. The topological polar surface area (TPSA) is 84.5 Å². The van der Waals surface area contributed by atoms with Gasteiger partial charge in [-0.1, -0.05) is 12.1 Å². The number of carbonyl (C=O) groups is 1. The second kappa shape index (κ2) is 9.84. The van der Waals surface area contributed by atoms with E-state index < -0.39 is 21.7 Å². The van der Waals surface area contributed by atoms with Gasteiger partial charge in [0.15, 0.2) is 0 Å². The van der Waals surface area contributed by atoms with E-state index in [0.29, 0.717) is 6.42 Å². The molecule has 158 valence electrons. The zero-order valence-corrected chi connectivity index (χ0v) is 17.8. The Hall–Kier alpha value is -2.45. The van der Waals surface area contributed by atoms with Gasteiger partial charge in [0.2, 0.25) is 10.0 Å². The highest BCUT2D eigenvalue weighted by Gasteiger charge is 2.21. The summed E-state index contributed by atoms with van der Waals surface area (Å²) in [7, 11) is -2.22. The molecule has 29 heavy (non-hydrogen) atoms. The van der Waals surface area contributed by atoms with Crippen LogP contribution in [0, 0.1) is 5.82 Å². The second-order valence-corrected chi connectivity index (χ2v) is 8.89. The van der Waals surface area contributed by atoms with Crippen LogP contribution in [0.5, 0.6) is 5.75 Å². The summed E-state index contributed by atoms with van der Waals surface area (Å²) >= 11 is 0. The van der Waals surface area contributed by atoms with Crippen LogP contribution in [-0.2, 0) is 16.4 Å². The van der Waals surface area contributed by atoms with Crippen molar-refractivity contribution in [2.75, 3.05) is 7.11 Å². The Kier molecular flexibility index (Phi) is 7.75. The zero-order valence-electron chi connectivity index (χ0n) is 17.0. The van der Waals surface area contributed by atoms with Crippen LogP contribution < -0.4 is 14.8 Å². The molecule has 0 aliphatic heterocycles. The van der Waals surface area contributed by atoms with E-state index in [1.807, 2.05) is 31.2 Å². The molecule has 0 radical (unpaired) electrons. The number of amides is 1. The first-order valence-electron chi connectivity index (χ1n) is 9.38. The van der Waals surface area contributed by atoms with Crippen LogP contribution in [0.2, 0.25) is 0 Å². The van der Waals surface area contributed by atoms with Crippen molar-refractivity contribution >= 4 is 15.9 Å². The van der Waals surface area contributed by atoms with E-state index in [1.165, 1.54) is 0 Å². The molecular formula is C21H27FN2O4S. The fourth-order valence-electron chi connectivity index (χ4n) is 2.77. The lowest BCUT2D eigenvalue weighted by Crippen LogP contribution is -2.34. The number of sulfonamides is 1. The van der Waals surface area contributed by atoms with Crippen molar-refractivity contribution in [3.63, 3.8) is 0 Å². The largest absolute Gasteiger partial charge is 0.497 e. The van der Waals surface area contributed by atoms with Crippen LogP contribution in [-0.4, -0.2) is 33.5 Å². The quantitative estimate of drug-likeness (QED) is 0.650. The summed E-state index contributed by atoms with van der Waals surface area (Å²) in [6.07, 6.45) is 1.37. The SMILES string of the molecule is COc1ccc(CCC(C)NC(=O)c2cc(S(=O)(=O)NC(C)C)ccc2F)cc1. The Morgan fingerprint density at radius 1 is 1.10 bits per heavy atom. The Labute approximate surface area is 171 Å². The number of benzene rings is 2. The molecule has 0 aliphatic carbocycles. The summed E-state index contributed by atoms with van der Waals surface area (Å²) in [4.78, 5) is 12.3. The van der Waals surface area contributed by atoms with E-state index in [1.54, 1.807) is 21.0 Å². The standard InChI is InChI=1S/C21H27FN2O4S/c1-14(2)24-29(26,27)18-11-12-20(22)19(13-18)21(25)23-15(3)5-6-16-7-9-17(28-4)10-8-16/h7-15,24H,5-6H2,1-4H3,(H,23,25). The smallest absolute Gasteiger partial charge is 0.254 e. The number of ether oxygens (including phenoxy) is 1. The third-order valence-electron chi connectivity index (χ3n) is 4.29. The summed E-state index contributed by atoms with van der Waals surface area (Å²) in [5.74, 6) is -0.646. The summed E-state index contributed by atoms with van der Waals surface area (Å²) in [6, 6.07) is 10.3. The normalized spacial score (nSPS) is 12.6. The van der Waals surface area contributed by atoms with E-state index in [0.717, 1.165) is 35.9 Å². The van der Waals surface area contributed by atoms with Crippen LogP contribution in [0.4, 0.5) is 4.39 Å². The number of nitrogens with one attached hydrogen (secondary N) is 2. The van der Waals surface area contributed by atoms with Crippen molar-refractivity contribution in [1.82, 2.24) is 10.0 Å². The molecule has 6 nitrogen and oxygen atoms in total. The number of hydrogen-bond acceptors (Lipinski definition) is 4. The fraction of sp³-hybridized carbons (Fsp3) is 0.381. The summed E-state index contributed by atoms with van der Waals surface area (Å²) < 4.78 is 46.3. The van der Waals surface area contributed by atoms with Crippen molar-refractivity contribution in [2.45, 2.75) is 50.6 Å². The van der Waals surface area contributed by atoms with Crippen molar-refractivity contribution in [3.8, 4) is 5.75 Å². The number of methoxy groups -OCH3 is 1. The molecule has 0 spiro atoms. The second-order valence-electron chi connectivity index (χ2n) is 7.18. The van der Waals surface area contributed by atoms with Gasteiger partial charge < -0.3 is 10.1 Å². The first kappa shape index (κ1) is 22.8. The lowest BCUT2D eigenvalue weighted by atomic mass is 10.1. The molecule has 2 N–H and O–H groups in total. The number of rotatable bonds is 9. The molecule has 0 aromatic heterocycles. The molecule has 1 amide bonds. The van der Waals surface area contributed by atoms with Crippen molar-refractivity contribution in [3.05, 3.63) is 59.4 Å². The number of carbonyl (C=O) groups excluding carboxylic acids is 1. The molecule has 0 fully saturated rings. The van der Waals surface area contributed by atoms with Gasteiger partial charge in [0, 0.05) is 12.1 Å². The molecule has 0 saturated carbocycles. The van der Waals surface area contributed by atoms with Gasteiger partial charge in [-0.05, 0) is 69.5 Å². The Morgan fingerprint density at radius 2 is 1.76 bits per heavy atom. The predicted octanol–water partition coefficient (Wildman–Crippen LogP) is 3.27. The van der Waals surface area contributed by atoms with Gasteiger partial charge in [0.25, 0.3) is 5.91 Å². The highest BCUT2D eigenvalue weighted by atomic mass is 32.2. The summed E-state index contributed by atoms with van der Waals surface area (Å²) in [5.41, 5.74) is 0.791. The van der Waals surface area contributed by atoms with Gasteiger partial charge in [-0.3, -0.25) is 4.79 Å². The molecule has 2 aromatic rings. The number of aryl methyl sites for hydroxylation is 1. The van der Waals surface area contributed by atoms with Crippen LogP contribution in [0.3, 0.4) is 0 Å². The third-order valence-corrected chi connectivity index (χ3v) is 5.94. The molecule has 0 saturated heterocycles. The van der Waals surface area contributed by atoms with Crippen LogP contribution in [0.25, 0.3) is 0 Å². The maximum atomic E-state index is 14.2. The van der Waals surface area contributed by atoms with E-state index >= 15 is 0 Å². The fourth-order valence-corrected chi connectivity index (χ4v) is 4.05. The van der Waals surface area contributed by atoms with E-state index in [2.05, 4.69) is 10.0 Å². The Morgan fingerprint density at radius 3 is 2.34 bits per heavy atom. The van der Waals surface area contributed by atoms with Crippen molar-refractivity contribution in [1.29, 1.82) is 0 Å². The van der Waals surface area contributed by atoms with Crippen LogP contribution in [0.1, 0.15) is 43.1 Å². The highest BCUT2D eigenvalue weighted by molar-refractivity contribution is 7.89. The van der Waals surface area contributed by atoms with E-state index in [9.17, 15) is 17.6 Å². The number of hydrogen-bond donors (Lipinski definition) is 2. The van der Waals surface area contributed by atoms with Crippen LogP contribution in [0.15, 0.2) is 47.4 Å². The maximum absolute atomic E-state index is 14.2. The zero-order chi connectivity index (χ0) is 21.6. The van der Waals surface area contributed by atoms with Gasteiger partial charge in [0.1, 0.15) is 11.6 Å². The molecule has 0 bridgehead atoms. The Bertz CT molecular complexity index is 944. The predicted molar refractivity (Wildman–Crippen MR) is 110 cm³/mol. The van der Waals surface area contributed by atoms with Gasteiger partial charge in [0.05, 0.1) is 17.6 Å². The maximum Gasteiger partial charge on any atom is 0.254 e.